The summed E-state index contributed by atoms with van der Waals surface area (Å²) in [5, 5.41) is 0. The average molecular weight is 196 g/mol. The highest BCUT2D eigenvalue weighted by molar-refractivity contribution is 4.91. The van der Waals surface area contributed by atoms with Crippen molar-refractivity contribution in [1.29, 1.82) is 0 Å². The normalized spacial score (nSPS) is 39.4. The molecule has 0 aromatic heterocycles. The van der Waals surface area contributed by atoms with E-state index in [0.717, 1.165) is 24.4 Å². The van der Waals surface area contributed by atoms with Crippen LogP contribution in [0, 0.1) is 11.8 Å². The number of piperidine rings is 1. The summed E-state index contributed by atoms with van der Waals surface area (Å²) >= 11 is 0. The van der Waals surface area contributed by atoms with E-state index >= 15 is 0 Å². The molecule has 0 aromatic rings. The minimum atomic E-state index is 0.811. The zero-order valence-electron chi connectivity index (χ0n) is 9.41. The average Bonchev–Trinajstić information content (AvgIpc) is 2.17. The van der Waals surface area contributed by atoms with Crippen LogP contribution < -0.4 is 5.73 Å². The van der Waals surface area contributed by atoms with E-state index < -0.39 is 0 Å². The van der Waals surface area contributed by atoms with Gasteiger partial charge in [0.05, 0.1) is 0 Å². The molecule has 1 saturated heterocycles. The van der Waals surface area contributed by atoms with Crippen LogP contribution in [0.2, 0.25) is 0 Å². The molecule has 14 heavy (non-hydrogen) atoms. The van der Waals surface area contributed by atoms with Gasteiger partial charge < -0.3 is 5.73 Å². The van der Waals surface area contributed by atoms with E-state index in [4.69, 9.17) is 5.73 Å². The van der Waals surface area contributed by atoms with Gasteiger partial charge in [-0.2, -0.15) is 0 Å². The molecule has 2 nitrogen and oxygen atoms in total. The summed E-state index contributed by atoms with van der Waals surface area (Å²) in [7, 11) is 0. The highest BCUT2D eigenvalue weighted by atomic mass is 15.2. The van der Waals surface area contributed by atoms with Gasteiger partial charge in [0.15, 0.2) is 0 Å². The van der Waals surface area contributed by atoms with Gasteiger partial charge in [-0.25, -0.2) is 0 Å². The van der Waals surface area contributed by atoms with Gasteiger partial charge in [0.1, 0.15) is 0 Å². The van der Waals surface area contributed by atoms with Crippen LogP contribution in [-0.4, -0.2) is 30.6 Å². The lowest BCUT2D eigenvalue weighted by molar-refractivity contribution is 0.0314. The molecular formula is C12H24N2. The minimum absolute atomic E-state index is 0.811. The largest absolute Gasteiger partial charge is 0.330 e. The van der Waals surface area contributed by atoms with E-state index in [1.807, 2.05) is 0 Å². The summed E-state index contributed by atoms with van der Waals surface area (Å²) in [6, 6.07) is 0.842. The van der Waals surface area contributed by atoms with Crippen molar-refractivity contribution in [3.63, 3.8) is 0 Å². The predicted molar refractivity (Wildman–Crippen MR) is 60.2 cm³/mol. The molecule has 0 bridgehead atoms. The zero-order valence-corrected chi connectivity index (χ0v) is 9.41. The molecule has 82 valence electrons. The van der Waals surface area contributed by atoms with Crippen LogP contribution >= 0.6 is 0 Å². The van der Waals surface area contributed by atoms with Crippen molar-refractivity contribution in [2.24, 2.45) is 17.6 Å². The fraction of sp³-hybridized carbons (Fsp3) is 1.00. The van der Waals surface area contributed by atoms with Crippen molar-refractivity contribution in [1.82, 2.24) is 4.90 Å². The molecule has 2 fully saturated rings. The molecule has 0 spiro atoms. The molecule has 2 rings (SSSR count). The molecular weight excluding hydrogens is 172 g/mol. The maximum Gasteiger partial charge on any atom is 0.0136 e. The Morgan fingerprint density at radius 3 is 2.71 bits per heavy atom. The third-order valence-corrected chi connectivity index (χ3v) is 4.28. The van der Waals surface area contributed by atoms with Gasteiger partial charge in [0.25, 0.3) is 0 Å². The van der Waals surface area contributed by atoms with Crippen LogP contribution in [0.5, 0.6) is 0 Å². The third-order valence-electron chi connectivity index (χ3n) is 4.28. The number of nitrogens with zero attached hydrogens (tertiary/aromatic N) is 1. The first kappa shape index (κ1) is 10.4. The number of likely N-dealkylation sites (tertiary alicyclic amines) is 1. The molecule has 2 heteroatoms. The van der Waals surface area contributed by atoms with Crippen molar-refractivity contribution < 1.29 is 0 Å². The Bertz CT molecular complexity index is 177. The summed E-state index contributed by atoms with van der Waals surface area (Å²) in [5.41, 5.74) is 5.77. The lowest BCUT2D eigenvalue weighted by Crippen LogP contribution is -2.52. The van der Waals surface area contributed by atoms with E-state index in [1.165, 1.54) is 45.2 Å². The Morgan fingerprint density at radius 2 is 2.14 bits per heavy atom. The highest BCUT2D eigenvalue weighted by Gasteiger charge is 2.36. The molecule has 3 unspecified atom stereocenters. The quantitative estimate of drug-likeness (QED) is 0.746. The van der Waals surface area contributed by atoms with E-state index in [0.29, 0.717) is 0 Å². The van der Waals surface area contributed by atoms with Gasteiger partial charge in [-0.15, -0.1) is 0 Å². The second kappa shape index (κ2) is 4.63. The highest BCUT2D eigenvalue weighted by Crippen LogP contribution is 2.34. The molecule has 0 aromatic carbocycles. The first-order valence-electron chi connectivity index (χ1n) is 6.29. The van der Waals surface area contributed by atoms with Gasteiger partial charge in [0.2, 0.25) is 0 Å². The van der Waals surface area contributed by atoms with Crippen LogP contribution in [-0.2, 0) is 0 Å². The first-order valence-corrected chi connectivity index (χ1v) is 6.29. The van der Waals surface area contributed by atoms with Crippen LogP contribution in [0.15, 0.2) is 0 Å². The summed E-state index contributed by atoms with van der Waals surface area (Å²) in [5.74, 6) is 1.77. The second-order valence-electron chi connectivity index (χ2n) is 5.05. The molecule has 1 aliphatic heterocycles. The molecule has 1 aliphatic carbocycles. The van der Waals surface area contributed by atoms with Crippen molar-refractivity contribution in [2.45, 2.75) is 45.1 Å². The topological polar surface area (TPSA) is 29.3 Å². The summed E-state index contributed by atoms with van der Waals surface area (Å²) in [6.07, 6.45) is 6.99. The number of hydrogen-bond acceptors (Lipinski definition) is 2. The lowest BCUT2D eigenvalue weighted by Gasteiger charge is -2.47. The Balaban J connectivity index is 1.84. The minimum Gasteiger partial charge on any atom is -0.330 e. The fourth-order valence-corrected chi connectivity index (χ4v) is 3.04. The predicted octanol–water partition coefficient (Wildman–Crippen LogP) is 1.85. The molecule has 0 radical (unpaired) electrons. The van der Waals surface area contributed by atoms with E-state index in [-0.39, 0.29) is 0 Å². The van der Waals surface area contributed by atoms with Crippen LogP contribution in [0.1, 0.15) is 39.0 Å². The zero-order chi connectivity index (χ0) is 9.97. The molecule has 2 aliphatic rings. The van der Waals surface area contributed by atoms with E-state index in [1.54, 1.807) is 0 Å². The molecule has 2 N–H and O–H groups in total. The van der Waals surface area contributed by atoms with Gasteiger partial charge in [0, 0.05) is 12.6 Å². The van der Waals surface area contributed by atoms with Crippen molar-refractivity contribution in [3.8, 4) is 0 Å². The van der Waals surface area contributed by atoms with Crippen LogP contribution in [0.25, 0.3) is 0 Å². The molecule has 1 heterocycles. The van der Waals surface area contributed by atoms with Gasteiger partial charge in [-0.3, -0.25) is 4.90 Å². The SMILES string of the molecule is CCC1CCCN(C2CCC2CN)C1. The first-order chi connectivity index (χ1) is 6.85. The van der Waals surface area contributed by atoms with E-state index in [2.05, 4.69) is 11.8 Å². The summed E-state index contributed by atoms with van der Waals surface area (Å²) < 4.78 is 0. The lowest BCUT2D eigenvalue weighted by atomic mass is 9.77. The van der Waals surface area contributed by atoms with Crippen LogP contribution in [0.3, 0.4) is 0 Å². The molecule has 0 amide bonds. The number of nitrogens with two attached hydrogens (primary N) is 1. The van der Waals surface area contributed by atoms with Gasteiger partial charge in [-0.1, -0.05) is 13.3 Å². The summed E-state index contributed by atoms with van der Waals surface area (Å²) in [4.78, 5) is 2.72. The maximum atomic E-state index is 5.77. The van der Waals surface area contributed by atoms with E-state index in [9.17, 15) is 0 Å². The Hall–Kier alpha value is -0.0800. The Labute approximate surface area is 87.8 Å². The Morgan fingerprint density at radius 1 is 1.29 bits per heavy atom. The van der Waals surface area contributed by atoms with Crippen molar-refractivity contribution >= 4 is 0 Å². The summed E-state index contributed by atoms with van der Waals surface area (Å²) in [6.45, 7) is 5.91. The number of rotatable bonds is 3. The molecule has 1 saturated carbocycles. The van der Waals surface area contributed by atoms with Gasteiger partial charge >= 0.3 is 0 Å². The number of hydrogen-bond donors (Lipinski definition) is 1. The third kappa shape index (κ3) is 1.96. The standard InChI is InChI=1S/C12H24N2/c1-2-10-4-3-7-14(9-10)12-6-5-11(12)8-13/h10-12H,2-9,13H2,1H3. The van der Waals surface area contributed by atoms with Gasteiger partial charge in [-0.05, 0) is 50.6 Å². The smallest absolute Gasteiger partial charge is 0.0136 e. The maximum absolute atomic E-state index is 5.77. The van der Waals surface area contributed by atoms with Crippen molar-refractivity contribution in [3.05, 3.63) is 0 Å². The molecule has 3 atom stereocenters. The monoisotopic (exact) mass is 196 g/mol. The van der Waals surface area contributed by atoms with Crippen LogP contribution in [0.4, 0.5) is 0 Å². The second-order valence-corrected chi connectivity index (χ2v) is 5.05. The Kier molecular flexibility index (Phi) is 3.45. The van der Waals surface area contributed by atoms with Crippen molar-refractivity contribution in [2.75, 3.05) is 19.6 Å². The fourth-order valence-electron chi connectivity index (χ4n) is 3.04.